The van der Waals surface area contributed by atoms with E-state index < -0.39 is 0 Å². The van der Waals surface area contributed by atoms with E-state index >= 15 is 0 Å². The molecule has 1 aromatic heterocycles. The first kappa shape index (κ1) is 16.9. The third-order valence-electron chi connectivity index (χ3n) is 4.73. The molecule has 3 aromatic rings. The molecule has 0 fully saturated rings. The van der Waals surface area contributed by atoms with Gasteiger partial charge in [0.1, 0.15) is 0 Å². The average Bonchev–Trinajstić information content (AvgIpc) is 3.28. The van der Waals surface area contributed by atoms with E-state index in [0.717, 1.165) is 29.8 Å². The van der Waals surface area contributed by atoms with Gasteiger partial charge in [-0.1, -0.05) is 29.8 Å². The number of rotatable bonds is 4. The van der Waals surface area contributed by atoms with E-state index in [4.69, 9.17) is 16.0 Å². The largest absolute Gasteiger partial charge is 0.441 e. The van der Waals surface area contributed by atoms with E-state index in [1.54, 1.807) is 6.20 Å². The van der Waals surface area contributed by atoms with Gasteiger partial charge in [-0.05, 0) is 48.7 Å². The maximum absolute atomic E-state index is 12.7. The van der Waals surface area contributed by atoms with Gasteiger partial charge in [0.15, 0.2) is 11.7 Å². The van der Waals surface area contributed by atoms with Gasteiger partial charge in [-0.15, -0.1) is 0 Å². The molecule has 0 N–H and O–H groups in total. The first-order chi connectivity index (χ1) is 12.6. The molecule has 26 heavy (non-hydrogen) atoms. The number of para-hydroxylation sites is 1. The van der Waals surface area contributed by atoms with Crippen molar-refractivity contribution in [3.05, 3.63) is 70.7 Å². The normalized spacial score (nSPS) is 13.1. The topological polar surface area (TPSA) is 46.3 Å². The second-order valence-corrected chi connectivity index (χ2v) is 6.94. The number of carbonyl (C=O) groups is 1. The summed E-state index contributed by atoms with van der Waals surface area (Å²) in [5.41, 5.74) is 4.39. The molecule has 2 heterocycles. The molecule has 2 aromatic carbocycles. The Balaban J connectivity index is 1.43. The Labute approximate surface area is 157 Å². The van der Waals surface area contributed by atoms with Crippen molar-refractivity contribution in [1.82, 2.24) is 4.98 Å². The molecule has 5 heteroatoms. The maximum atomic E-state index is 12.7. The highest BCUT2D eigenvalue weighted by Gasteiger charge is 2.26. The molecule has 0 aliphatic carbocycles. The monoisotopic (exact) mass is 366 g/mol. The molecule has 0 atom stereocenters. The van der Waals surface area contributed by atoms with Crippen molar-refractivity contribution in [3.8, 4) is 11.3 Å². The van der Waals surface area contributed by atoms with Gasteiger partial charge in [-0.3, -0.25) is 4.79 Å². The number of nitrogens with zero attached hydrogens (tertiary/aromatic N) is 2. The van der Waals surface area contributed by atoms with Crippen LogP contribution in [0.15, 0.2) is 53.1 Å². The predicted molar refractivity (Wildman–Crippen MR) is 103 cm³/mol. The highest BCUT2D eigenvalue weighted by Crippen LogP contribution is 2.32. The van der Waals surface area contributed by atoms with Crippen LogP contribution < -0.4 is 4.90 Å². The van der Waals surface area contributed by atoms with Gasteiger partial charge in [-0.25, -0.2) is 4.98 Å². The van der Waals surface area contributed by atoms with E-state index in [1.807, 2.05) is 35.2 Å². The van der Waals surface area contributed by atoms with Crippen molar-refractivity contribution in [2.75, 3.05) is 11.4 Å². The summed E-state index contributed by atoms with van der Waals surface area (Å²) in [6, 6.07) is 13.6. The first-order valence-electron chi connectivity index (χ1n) is 8.71. The van der Waals surface area contributed by atoms with Crippen molar-refractivity contribution < 1.29 is 9.21 Å². The van der Waals surface area contributed by atoms with Crippen LogP contribution in [-0.2, 0) is 17.6 Å². The quantitative estimate of drug-likeness (QED) is 0.664. The number of hydrogen-bond acceptors (Lipinski definition) is 3. The van der Waals surface area contributed by atoms with Crippen LogP contribution in [0.5, 0.6) is 0 Å². The molecular formula is C21H19ClN2O2. The maximum Gasteiger partial charge on any atom is 0.227 e. The minimum Gasteiger partial charge on any atom is -0.441 e. The van der Waals surface area contributed by atoms with E-state index in [-0.39, 0.29) is 5.91 Å². The third kappa shape index (κ3) is 3.25. The molecule has 4 nitrogen and oxygen atoms in total. The smallest absolute Gasteiger partial charge is 0.227 e. The summed E-state index contributed by atoms with van der Waals surface area (Å²) >= 11 is 5.91. The lowest BCUT2D eigenvalue weighted by atomic mass is 10.1. The van der Waals surface area contributed by atoms with Crippen LogP contribution in [0.25, 0.3) is 11.3 Å². The van der Waals surface area contributed by atoms with E-state index in [2.05, 4.69) is 24.0 Å². The summed E-state index contributed by atoms with van der Waals surface area (Å²) in [5.74, 6) is 1.38. The fourth-order valence-corrected chi connectivity index (χ4v) is 3.55. The Morgan fingerprint density at radius 3 is 2.85 bits per heavy atom. The number of fused-ring (bicyclic) bond motifs is 1. The predicted octanol–water partition coefficient (Wildman–Crippen LogP) is 4.83. The number of aromatic nitrogens is 1. The van der Waals surface area contributed by atoms with Gasteiger partial charge >= 0.3 is 0 Å². The number of halogens is 1. The summed E-state index contributed by atoms with van der Waals surface area (Å²) in [5, 5.41) is 0.681. The van der Waals surface area contributed by atoms with Gasteiger partial charge in [-0.2, -0.15) is 0 Å². The fraction of sp³-hybridized carbons (Fsp3) is 0.238. The Hall–Kier alpha value is -2.59. The Morgan fingerprint density at radius 1 is 1.23 bits per heavy atom. The SMILES string of the molecule is Cc1cccc2c1N(C(=O)CCc1ncc(-c3ccc(Cl)cc3)o1)CC2. The molecule has 1 aliphatic rings. The van der Waals surface area contributed by atoms with Crippen LogP contribution in [0.4, 0.5) is 5.69 Å². The number of aryl methyl sites for hydroxylation is 2. The summed E-state index contributed by atoms with van der Waals surface area (Å²) in [7, 11) is 0. The zero-order valence-corrected chi connectivity index (χ0v) is 15.3. The van der Waals surface area contributed by atoms with E-state index in [0.29, 0.717) is 29.5 Å². The van der Waals surface area contributed by atoms with Gasteiger partial charge in [0.2, 0.25) is 5.91 Å². The molecule has 0 unspecified atom stereocenters. The lowest BCUT2D eigenvalue weighted by Crippen LogP contribution is -2.29. The first-order valence-corrected chi connectivity index (χ1v) is 9.09. The Kier molecular flexibility index (Phi) is 4.51. The zero-order valence-electron chi connectivity index (χ0n) is 14.5. The summed E-state index contributed by atoms with van der Waals surface area (Å²) in [6.07, 6.45) is 3.49. The van der Waals surface area contributed by atoms with Crippen LogP contribution in [0.1, 0.15) is 23.4 Å². The molecule has 1 amide bonds. The van der Waals surface area contributed by atoms with Crippen LogP contribution in [-0.4, -0.2) is 17.4 Å². The Bertz CT molecular complexity index is 947. The molecule has 0 bridgehead atoms. The van der Waals surface area contributed by atoms with Gasteiger partial charge in [0.05, 0.1) is 6.20 Å². The summed E-state index contributed by atoms with van der Waals surface area (Å²) < 4.78 is 5.79. The molecule has 132 valence electrons. The number of benzene rings is 2. The number of amides is 1. The zero-order chi connectivity index (χ0) is 18.1. The average molecular weight is 367 g/mol. The lowest BCUT2D eigenvalue weighted by molar-refractivity contribution is -0.118. The second kappa shape index (κ2) is 6.96. The lowest BCUT2D eigenvalue weighted by Gasteiger charge is -2.19. The van der Waals surface area contributed by atoms with Crippen LogP contribution >= 0.6 is 11.6 Å². The minimum atomic E-state index is 0.115. The number of hydrogen-bond donors (Lipinski definition) is 0. The molecule has 0 saturated heterocycles. The summed E-state index contributed by atoms with van der Waals surface area (Å²) in [4.78, 5) is 18.9. The second-order valence-electron chi connectivity index (χ2n) is 6.50. The molecule has 0 radical (unpaired) electrons. The minimum absolute atomic E-state index is 0.115. The van der Waals surface area contributed by atoms with Crippen LogP contribution in [0, 0.1) is 6.92 Å². The van der Waals surface area contributed by atoms with Crippen molar-refractivity contribution in [2.45, 2.75) is 26.2 Å². The molecular weight excluding hydrogens is 348 g/mol. The van der Waals surface area contributed by atoms with Gasteiger partial charge < -0.3 is 9.32 Å². The fourth-order valence-electron chi connectivity index (χ4n) is 3.42. The standard InChI is InChI=1S/C21H19ClN2O2/c1-14-3-2-4-16-11-12-24(21(14)16)20(25)10-9-19-23-13-18(26-19)15-5-7-17(22)8-6-15/h2-8,13H,9-12H2,1H3. The van der Waals surface area contributed by atoms with Crippen molar-refractivity contribution in [2.24, 2.45) is 0 Å². The molecule has 1 aliphatic heterocycles. The highest BCUT2D eigenvalue weighted by molar-refractivity contribution is 6.30. The number of carbonyl (C=O) groups excluding carboxylic acids is 1. The molecule has 0 spiro atoms. The van der Waals surface area contributed by atoms with Crippen LogP contribution in [0.3, 0.4) is 0 Å². The van der Waals surface area contributed by atoms with E-state index in [1.165, 1.54) is 5.56 Å². The van der Waals surface area contributed by atoms with Gasteiger partial charge in [0.25, 0.3) is 0 Å². The molecule has 4 rings (SSSR count). The summed E-state index contributed by atoms with van der Waals surface area (Å²) in [6.45, 7) is 2.80. The highest BCUT2D eigenvalue weighted by atomic mass is 35.5. The van der Waals surface area contributed by atoms with Gasteiger partial charge in [0, 0.05) is 35.7 Å². The van der Waals surface area contributed by atoms with Crippen LogP contribution in [0.2, 0.25) is 5.02 Å². The number of anilines is 1. The third-order valence-corrected chi connectivity index (χ3v) is 4.98. The van der Waals surface area contributed by atoms with E-state index in [9.17, 15) is 4.79 Å². The van der Waals surface area contributed by atoms with Crippen molar-refractivity contribution in [1.29, 1.82) is 0 Å². The van der Waals surface area contributed by atoms with Crippen molar-refractivity contribution in [3.63, 3.8) is 0 Å². The number of oxazole rings is 1. The van der Waals surface area contributed by atoms with Crippen molar-refractivity contribution >= 4 is 23.2 Å². The Morgan fingerprint density at radius 2 is 2.04 bits per heavy atom. The molecule has 0 saturated carbocycles.